The fourth-order valence-electron chi connectivity index (χ4n) is 3.31. The first-order valence-corrected chi connectivity index (χ1v) is 8.93. The maximum Gasteiger partial charge on any atom is 0.00896 e. The largest absolute Gasteiger partial charge is 0.311 e. The highest BCUT2D eigenvalue weighted by molar-refractivity contribution is 7.11. The van der Waals surface area contributed by atoms with Gasteiger partial charge >= 0.3 is 0 Å². The minimum Gasteiger partial charge on any atom is -0.311 e. The molecule has 0 bridgehead atoms. The van der Waals surface area contributed by atoms with Crippen LogP contribution in [0.1, 0.15) is 43.4 Å². The second-order valence-electron chi connectivity index (χ2n) is 6.34. The molecule has 1 N–H and O–H groups in total. The number of rotatable bonds is 6. The number of nitrogens with one attached hydrogen (secondary N) is 1. The van der Waals surface area contributed by atoms with Crippen LogP contribution in [0.25, 0.3) is 0 Å². The van der Waals surface area contributed by atoms with Gasteiger partial charge in [0.25, 0.3) is 0 Å². The van der Waals surface area contributed by atoms with Gasteiger partial charge in [0.15, 0.2) is 0 Å². The van der Waals surface area contributed by atoms with Gasteiger partial charge in [0.05, 0.1) is 0 Å². The Kier molecular flexibility index (Phi) is 6.06. The Labute approximate surface area is 128 Å². The summed E-state index contributed by atoms with van der Waals surface area (Å²) >= 11 is 1.94. The molecule has 1 aromatic rings. The predicted molar refractivity (Wildman–Crippen MR) is 89.7 cm³/mol. The Morgan fingerprint density at radius 2 is 2.00 bits per heavy atom. The number of nitrogens with zero attached hydrogens (tertiary/aromatic N) is 1. The number of likely N-dealkylation sites (tertiary alicyclic amines) is 1. The molecule has 1 aliphatic heterocycles. The zero-order chi connectivity index (χ0) is 14.5. The van der Waals surface area contributed by atoms with Crippen LogP contribution in [0.3, 0.4) is 0 Å². The average molecular weight is 295 g/mol. The van der Waals surface area contributed by atoms with Crippen molar-refractivity contribution in [2.24, 2.45) is 5.92 Å². The highest BCUT2D eigenvalue weighted by Gasteiger charge is 2.23. The number of hydrogen-bond donors (Lipinski definition) is 1. The Balaban J connectivity index is 1.75. The molecular weight excluding hydrogens is 264 g/mol. The molecule has 114 valence electrons. The van der Waals surface area contributed by atoms with Crippen LogP contribution in [-0.4, -0.2) is 36.6 Å². The Morgan fingerprint density at radius 3 is 2.55 bits per heavy atom. The van der Waals surface area contributed by atoms with E-state index in [1.165, 1.54) is 42.2 Å². The van der Waals surface area contributed by atoms with Gasteiger partial charge in [-0.05, 0) is 77.7 Å². The zero-order valence-corrected chi connectivity index (χ0v) is 14.3. The molecule has 0 saturated carbocycles. The Bertz CT molecular complexity index is 393. The van der Waals surface area contributed by atoms with Crippen LogP contribution >= 0.6 is 11.3 Å². The normalized spacial score (nSPS) is 21.0. The van der Waals surface area contributed by atoms with Gasteiger partial charge in [-0.1, -0.05) is 6.92 Å². The van der Waals surface area contributed by atoms with Crippen molar-refractivity contribution in [3.05, 3.63) is 21.9 Å². The molecule has 0 aromatic carbocycles. The SMILES string of the molecule is CCN1CCC(C(C)NC(C)Cc2ccc(C)s2)CC1. The quantitative estimate of drug-likeness (QED) is 0.860. The second kappa shape index (κ2) is 7.58. The fourth-order valence-corrected chi connectivity index (χ4v) is 4.33. The first kappa shape index (κ1) is 16.0. The van der Waals surface area contributed by atoms with Crippen LogP contribution in [0.15, 0.2) is 12.1 Å². The first-order valence-electron chi connectivity index (χ1n) is 8.12. The van der Waals surface area contributed by atoms with E-state index < -0.39 is 0 Å². The highest BCUT2D eigenvalue weighted by atomic mass is 32.1. The molecule has 1 fully saturated rings. The van der Waals surface area contributed by atoms with E-state index in [-0.39, 0.29) is 0 Å². The molecule has 2 rings (SSSR count). The topological polar surface area (TPSA) is 15.3 Å². The number of aryl methyl sites for hydroxylation is 1. The van der Waals surface area contributed by atoms with Gasteiger partial charge in [-0.2, -0.15) is 0 Å². The summed E-state index contributed by atoms with van der Waals surface area (Å²) in [7, 11) is 0. The lowest BCUT2D eigenvalue weighted by atomic mass is 9.90. The highest BCUT2D eigenvalue weighted by Crippen LogP contribution is 2.22. The van der Waals surface area contributed by atoms with Gasteiger partial charge in [0.1, 0.15) is 0 Å². The van der Waals surface area contributed by atoms with E-state index in [2.05, 4.69) is 50.0 Å². The summed E-state index contributed by atoms with van der Waals surface area (Å²) < 4.78 is 0. The second-order valence-corrected chi connectivity index (χ2v) is 7.72. The third-order valence-corrected chi connectivity index (χ3v) is 5.66. The van der Waals surface area contributed by atoms with Gasteiger partial charge in [-0.25, -0.2) is 0 Å². The van der Waals surface area contributed by atoms with Crippen molar-refractivity contribution in [1.82, 2.24) is 10.2 Å². The van der Waals surface area contributed by atoms with Crippen LogP contribution in [0.2, 0.25) is 0 Å². The van der Waals surface area contributed by atoms with E-state index >= 15 is 0 Å². The summed E-state index contributed by atoms with van der Waals surface area (Å²) in [6, 6.07) is 5.73. The summed E-state index contributed by atoms with van der Waals surface area (Å²) in [6.07, 6.45) is 3.87. The molecule has 3 heteroatoms. The van der Waals surface area contributed by atoms with Gasteiger partial charge in [-0.15, -0.1) is 11.3 Å². The molecule has 2 heterocycles. The lowest BCUT2D eigenvalue weighted by Gasteiger charge is -2.35. The fraction of sp³-hybridized carbons (Fsp3) is 0.765. The molecule has 1 aromatic heterocycles. The minimum absolute atomic E-state index is 0.576. The van der Waals surface area contributed by atoms with Crippen molar-refractivity contribution in [3.8, 4) is 0 Å². The molecule has 2 atom stereocenters. The minimum atomic E-state index is 0.576. The Hall–Kier alpha value is -0.380. The van der Waals surface area contributed by atoms with E-state index in [0.29, 0.717) is 12.1 Å². The van der Waals surface area contributed by atoms with Gasteiger partial charge in [0, 0.05) is 21.8 Å². The number of piperidine rings is 1. The summed E-state index contributed by atoms with van der Waals surface area (Å²) in [5.41, 5.74) is 0. The summed E-state index contributed by atoms with van der Waals surface area (Å²) in [4.78, 5) is 5.50. The molecule has 20 heavy (non-hydrogen) atoms. The van der Waals surface area contributed by atoms with Crippen molar-refractivity contribution in [1.29, 1.82) is 0 Å². The third kappa shape index (κ3) is 4.57. The molecule has 0 spiro atoms. The first-order chi connectivity index (χ1) is 9.58. The van der Waals surface area contributed by atoms with Crippen LogP contribution in [0.5, 0.6) is 0 Å². The standard InChI is InChI=1S/C17H30N2S/c1-5-19-10-8-16(9-11-19)15(4)18-13(2)12-17-7-6-14(3)20-17/h6-7,13,15-16,18H,5,8-12H2,1-4H3. The van der Waals surface area contributed by atoms with E-state index in [4.69, 9.17) is 0 Å². The number of thiophene rings is 1. The van der Waals surface area contributed by atoms with E-state index in [9.17, 15) is 0 Å². The lowest BCUT2D eigenvalue weighted by Crippen LogP contribution is -2.45. The van der Waals surface area contributed by atoms with E-state index in [1.54, 1.807) is 0 Å². The molecule has 0 amide bonds. The van der Waals surface area contributed by atoms with Crippen molar-refractivity contribution in [3.63, 3.8) is 0 Å². The van der Waals surface area contributed by atoms with Crippen LogP contribution < -0.4 is 5.32 Å². The van der Waals surface area contributed by atoms with Crippen LogP contribution in [-0.2, 0) is 6.42 Å². The maximum absolute atomic E-state index is 3.83. The van der Waals surface area contributed by atoms with Crippen molar-refractivity contribution in [2.45, 2.75) is 59.0 Å². The van der Waals surface area contributed by atoms with Crippen molar-refractivity contribution in [2.75, 3.05) is 19.6 Å². The zero-order valence-electron chi connectivity index (χ0n) is 13.5. The summed E-state index contributed by atoms with van der Waals surface area (Å²) in [6.45, 7) is 12.9. The predicted octanol–water partition coefficient (Wildman–Crippen LogP) is 3.70. The molecule has 0 aliphatic carbocycles. The Morgan fingerprint density at radius 1 is 1.30 bits per heavy atom. The van der Waals surface area contributed by atoms with Crippen molar-refractivity contribution >= 4 is 11.3 Å². The lowest BCUT2D eigenvalue weighted by molar-refractivity contribution is 0.165. The van der Waals surface area contributed by atoms with Gasteiger partial charge in [0.2, 0.25) is 0 Å². The van der Waals surface area contributed by atoms with Crippen LogP contribution in [0.4, 0.5) is 0 Å². The molecule has 2 unspecified atom stereocenters. The van der Waals surface area contributed by atoms with Gasteiger partial charge in [-0.3, -0.25) is 0 Å². The summed E-state index contributed by atoms with van der Waals surface area (Å²) in [5, 5.41) is 3.83. The van der Waals surface area contributed by atoms with E-state index in [0.717, 1.165) is 12.3 Å². The monoisotopic (exact) mass is 294 g/mol. The van der Waals surface area contributed by atoms with Gasteiger partial charge < -0.3 is 10.2 Å². The number of hydrogen-bond acceptors (Lipinski definition) is 3. The molecule has 2 nitrogen and oxygen atoms in total. The summed E-state index contributed by atoms with van der Waals surface area (Å²) in [5.74, 6) is 0.852. The maximum atomic E-state index is 3.83. The molecule has 1 aliphatic rings. The average Bonchev–Trinajstić information content (AvgIpc) is 2.84. The molecule has 1 saturated heterocycles. The third-order valence-electron chi connectivity index (χ3n) is 4.64. The molecular formula is C17H30N2S. The smallest absolute Gasteiger partial charge is 0.00896 e. The van der Waals surface area contributed by atoms with Crippen molar-refractivity contribution < 1.29 is 0 Å². The van der Waals surface area contributed by atoms with Crippen LogP contribution in [0, 0.1) is 12.8 Å². The molecule has 0 radical (unpaired) electrons. The van der Waals surface area contributed by atoms with E-state index in [1.807, 2.05) is 11.3 Å².